The molecule has 0 atom stereocenters. The number of anilines is 2. The number of fused-ring (bicyclic) bond motifs is 1. The van der Waals surface area contributed by atoms with Crippen molar-refractivity contribution in [3.63, 3.8) is 0 Å². The molecule has 2 saturated heterocycles. The first kappa shape index (κ1) is 21.2. The van der Waals surface area contributed by atoms with E-state index >= 15 is 0 Å². The number of oxazole rings is 1. The van der Waals surface area contributed by atoms with E-state index in [9.17, 15) is 9.59 Å². The normalized spacial score (nSPS) is 19.8. The predicted octanol–water partition coefficient (Wildman–Crippen LogP) is 3.89. The maximum absolute atomic E-state index is 13.3. The van der Waals surface area contributed by atoms with Crippen molar-refractivity contribution < 1.29 is 14.0 Å². The van der Waals surface area contributed by atoms with Crippen LogP contribution in [-0.2, 0) is 5.54 Å². The standard InChI is InChI=1S/C25H24ClN5O3/c1-15-28-10-21(34-15)23(33)30-13-25(14-30)11-29(12-25)17-7-18(9-27-8-17)31-22(32)19-5-4-16(26)6-20(19)24(31,2)3/h4-10H,11-14H2,1-3H3. The van der Waals surface area contributed by atoms with Gasteiger partial charge in [-0.3, -0.25) is 19.5 Å². The van der Waals surface area contributed by atoms with E-state index in [1.54, 1.807) is 35.1 Å². The first-order valence-electron chi connectivity index (χ1n) is 11.2. The van der Waals surface area contributed by atoms with Crippen molar-refractivity contribution in [1.82, 2.24) is 14.9 Å². The number of rotatable bonds is 3. The molecule has 0 bridgehead atoms. The van der Waals surface area contributed by atoms with Crippen LogP contribution in [0.1, 0.15) is 46.2 Å². The third-order valence-corrected chi connectivity index (χ3v) is 7.43. The first-order valence-corrected chi connectivity index (χ1v) is 11.6. The van der Waals surface area contributed by atoms with Crippen molar-refractivity contribution in [1.29, 1.82) is 0 Å². The van der Waals surface area contributed by atoms with Crippen molar-refractivity contribution in [2.24, 2.45) is 5.41 Å². The Labute approximate surface area is 202 Å². The molecular weight excluding hydrogens is 454 g/mol. The lowest BCUT2D eigenvalue weighted by atomic mass is 9.72. The number of hydrogen-bond donors (Lipinski definition) is 0. The second kappa shape index (κ2) is 7.06. The number of pyridine rings is 1. The van der Waals surface area contributed by atoms with Gasteiger partial charge in [0.25, 0.3) is 11.8 Å². The Bertz CT molecular complexity index is 1340. The molecule has 2 fully saturated rings. The lowest BCUT2D eigenvalue weighted by Gasteiger charge is -2.60. The summed E-state index contributed by atoms with van der Waals surface area (Å²) >= 11 is 6.22. The Kier molecular flexibility index (Phi) is 4.39. The van der Waals surface area contributed by atoms with Gasteiger partial charge in [0.05, 0.1) is 35.5 Å². The predicted molar refractivity (Wildman–Crippen MR) is 127 cm³/mol. The van der Waals surface area contributed by atoms with E-state index in [0.717, 1.165) is 30.0 Å². The van der Waals surface area contributed by atoms with Crippen LogP contribution in [-0.4, -0.2) is 52.9 Å². The van der Waals surface area contributed by atoms with E-state index in [2.05, 4.69) is 14.9 Å². The van der Waals surface area contributed by atoms with Gasteiger partial charge < -0.3 is 14.2 Å². The van der Waals surface area contributed by atoms with Crippen LogP contribution in [0, 0.1) is 12.3 Å². The second-order valence-electron chi connectivity index (χ2n) is 10.1. The Morgan fingerprint density at radius 3 is 2.50 bits per heavy atom. The number of amides is 2. The van der Waals surface area contributed by atoms with Crippen LogP contribution >= 0.6 is 11.6 Å². The number of carbonyl (C=O) groups excluding carboxylic acids is 2. The van der Waals surface area contributed by atoms with Crippen molar-refractivity contribution >= 4 is 34.8 Å². The van der Waals surface area contributed by atoms with Crippen LogP contribution < -0.4 is 9.80 Å². The summed E-state index contributed by atoms with van der Waals surface area (Å²) < 4.78 is 5.37. The van der Waals surface area contributed by atoms with Crippen molar-refractivity contribution in [2.45, 2.75) is 26.3 Å². The zero-order valence-electron chi connectivity index (χ0n) is 19.2. The molecule has 5 heterocycles. The average Bonchev–Trinajstić information content (AvgIpc) is 3.25. The molecule has 3 aliphatic heterocycles. The van der Waals surface area contributed by atoms with Gasteiger partial charge in [-0.05, 0) is 43.7 Å². The zero-order valence-corrected chi connectivity index (χ0v) is 20.0. The van der Waals surface area contributed by atoms with Gasteiger partial charge in [0.2, 0.25) is 5.76 Å². The molecule has 1 aromatic carbocycles. The van der Waals surface area contributed by atoms with Gasteiger partial charge in [-0.15, -0.1) is 0 Å². The number of carbonyl (C=O) groups is 2. The fourth-order valence-corrected chi connectivity index (χ4v) is 5.70. The summed E-state index contributed by atoms with van der Waals surface area (Å²) in [6.07, 6.45) is 5.04. The molecule has 0 saturated carbocycles. The molecule has 3 aliphatic rings. The molecule has 9 heteroatoms. The maximum Gasteiger partial charge on any atom is 0.291 e. The fourth-order valence-electron chi connectivity index (χ4n) is 5.52. The second-order valence-corrected chi connectivity index (χ2v) is 10.5. The average molecular weight is 478 g/mol. The molecule has 0 N–H and O–H groups in total. The minimum absolute atomic E-state index is 0.0495. The molecule has 0 unspecified atom stereocenters. The first-order chi connectivity index (χ1) is 16.2. The number of benzene rings is 1. The molecule has 3 aromatic rings. The summed E-state index contributed by atoms with van der Waals surface area (Å²) in [6, 6.07) is 7.44. The highest BCUT2D eigenvalue weighted by Gasteiger charge is 2.54. The molecular formula is C25H24ClN5O3. The van der Waals surface area contributed by atoms with Crippen LogP contribution in [0.25, 0.3) is 0 Å². The Morgan fingerprint density at radius 2 is 1.79 bits per heavy atom. The molecule has 0 radical (unpaired) electrons. The van der Waals surface area contributed by atoms with Crippen LogP contribution in [0.5, 0.6) is 0 Å². The molecule has 2 aromatic heterocycles. The van der Waals surface area contributed by atoms with Crippen LogP contribution in [0.2, 0.25) is 5.02 Å². The van der Waals surface area contributed by atoms with Crippen molar-refractivity contribution in [3.05, 3.63) is 70.7 Å². The molecule has 34 heavy (non-hydrogen) atoms. The van der Waals surface area contributed by atoms with E-state index in [-0.39, 0.29) is 17.2 Å². The molecule has 6 rings (SSSR count). The van der Waals surface area contributed by atoms with Gasteiger partial charge in [0.15, 0.2) is 5.89 Å². The number of nitrogens with zero attached hydrogens (tertiary/aromatic N) is 5. The van der Waals surface area contributed by atoms with Crippen LogP contribution in [0.4, 0.5) is 11.4 Å². The maximum atomic E-state index is 13.3. The van der Waals surface area contributed by atoms with E-state index < -0.39 is 5.54 Å². The number of aromatic nitrogens is 2. The van der Waals surface area contributed by atoms with E-state index in [1.807, 2.05) is 32.2 Å². The van der Waals surface area contributed by atoms with Crippen LogP contribution in [0.3, 0.4) is 0 Å². The quantitative estimate of drug-likeness (QED) is 0.569. The molecule has 0 aliphatic carbocycles. The summed E-state index contributed by atoms with van der Waals surface area (Å²) in [5.74, 6) is 0.626. The third kappa shape index (κ3) is 3.05. The summed E-state index contributed by atoms with van der Waals surface area (Å²) in [7, 11) is 0. The SMILES string of the molecule is Cc1ncc(C(=O)N2CC3(C2)CN(c2cncc(N4C(=O)c5ccc(Cl)cc5C4(C)C)c2)C3)o1. The summed E-state index contributed by atoms with van der Waals surface area (Å²) in [4.78, 5) is 40.1. The van der Waals surface area contributed by atoms with Gasteiger partial charge in [-0.25, -0.2) is 4.98 Å². The largest absolute Gasteiger partial charge is 0.436 e. The molecule has 1 spiro atoms. The number of halogens is 1. The fraction of sp³-hybridized carbons (Fsp3) is 0.360. The zero-order chi connectivity index (χ0) is 23.8. The minimum atomic E-state index is -0.540. The number of hydrogen-bond acceptors (Lipinski definition) is 6. The van der Waals surface area contributed by atoms with Gasteiger partial charge in [0, 0.05) is 49.1 Å². The molecule has 8 nitrogen and oxygen atoms in total. The highest BCUT2D eigenvalue weighted by Crippen LogP contribution is 2.45. The minimum Gasteiger partial charge on any atom is -0.436 e. The monoisotopic (exact) mass is 477 g/mol. The van der Waals surface area contributed by atoms with E-state index in [4.69, 9.17) is 16.0 Å². The highest BCUT2D eigenvalue weighted by molar-refractivity contribution is 6.31. The third-order valence-electron chi connectivity index (χ3n) is 7.19. The van der Waals surface area contributed by atoms with Crippen LogP contribution in [0.15, 0.2) is 47.3 Å². The summed E-state index contributed by atoms with van der Waals surface area (Å²) in [5, 5.41) is 0.616. The Morgan fingerprint density at radius 1 is 1.06 bits per heavy atom. The topological polar surface area (TPSA) is 82.8 Å². The van der Waals surface area contributed by atoms with Gasteiger partial charge in [-0.1, -0.05) is 11.6 Å². The van der Waals surface area contributed by atoms with E-state index in [1.165, 1.54) is 6.20 Å². The smallest absolute Gasteiger partial charge is 0.291 e. The summed E-state index contributed by atoms with van der Waals surface area (Å²) in [5.41, 5.74) is 2.87. The molecule has 174 valence electrons. The van der Waals surface area contributed by atoms with Gasteiger partial charge in [-0.2, -0.15) is 0 Å². The lowest BCUT2D eigenvalue weighted by Crippen LogP contribution is -2.73. The lowest BCUT2D eigenvalue weighted by molar-refractivity contribution is -0.0124. The van der Waals surface area contributed by atoms with Gasteiger partial charge >= 0.3 is 0 Å². The van der Waals surface area contributed by atoms with Crippen molar-refractivity contribution in [3.8, 4) is 0 Å². The molecule has 2 amide bonds. The Balaban J connectivity index is 1.16. The van der Waals surface area contributed by atoms with E-state index in [0.29, 0.717) is 35.3 Å². The summed E-state index contributed by atoms with van der Waals surface area (Å²) in [6.45, 7) is 8.84. The number of aryl methyl sites for hydroxylation is 1. The highest BCUT2D eigenvalue weighted by atomic mass is 35.5. The number of likely N-dealkylation sites (tertiary alicyclic amines) is 1. The van der Waals surface area contributed by atoms with Gasteiger partial charge in [0.1, 0.15) is 0 Å². The van der Waals surface area contributed by atoms with Crippen molar-refractivity contribution in [2.75, 3.05) is 36.0 Å². The Hall–Kier alpha value is -3.39.